The molecular formula is C17H21N3O. The summed E-state index contributed by atoms with van der Waals surface area (Å²) in [5, 5.41) is 0. The zero-order valence-corrected chi connectivity index (χ0v) is 12.4. The van der Waals surface area contributed by atoms with Crippen molar-refractivity contribution in [3.8, 4) is 17.1 Å². The van der Waals surface area contributed by atoms with E-state index in [9.17, 15) is 0 Å². The Balaban J connectivity index is 2.01. The zero-order valence-electron chi connectivity index (χ0n) is 12.4. The van der Waals surface area contributed by atoms with E-state index in [1.807, 2.05) is 31.2 Å². The van der Waals surface area contributed by atoms with E-state index in [1.165, 1.54) is 19.3 Å². The quantitative estimate of drug-likeness (QED) is 0.877. The summed E-state index contributed by atoms with van der Waals surface area (Å²) in [6.45, 7) is 2.63. The van der Waals surface area contributed by atoms with Gasteiger partial charge in [-0.1, -0.05) is 18.6 Å². The largest absolute Gasteiger partial charge is 0.494 e. The average Bonchev–Trinajstić information content (AvgIpc) is 2.73. The van der Waals surface area contributed by atoms with Crippen LogP contribution in [-0.4, -0.2) is 16.6 Å². The third-order valence-electron chi connectivity index (χ3n) is 3.87. The number of aromatic nitrogens is 2. The van der Waals surface area contributed by atoms with Crippen LogP contribution in [-0.2, 0) is 12.8 Å². The van der Waals surface area contributed by atoms with Crippen molar-refractivity contribution in [3.05, 3.63) is 35.5 Å². The molecule has 1 aliphatic carbocycles. The van der Waals surface area contributed by atoms with Gasteiger partial charge in [-0.05, 0) is 44.7 Å². The van der Waals surface area contributed by atoms with E-state index >= 15 is 0 Å². The van der Waals surface area contributed by atoms with Crippen molar-refractivity contribution in [2.75, 3.05) is 12.3 Å². The second-order valence-electron chi connectivity index (χ2n) is 5.38. The Kier molecular flexibility index (Phi) is 4.04. The van der Waals surface area contributed by atoms with Gasteiger partial charge in [0, 0.05) is 16.8 Å². The third kappa shape index (κ3) is 2.99. The summed E-state index contributed by atoms with van der Waals surface area (Å²) >= 11 is 0. The molecule has 1 aromatic carbocycles. The SMILES string of the molecule is CCOc1cccc(-c2nc(N)c3c(n2)CCCCC3)c1. The van der Waals surface area contributed by atoms with Crippen molar-refractivity contribution in [2.45, 2.75) is 39.0 Å². The molecule has 2 aromatic rings. The number of hydrogen-bond acceptors (Lipinski definition) is 4. The van der Waals surface area contributed by atoms with Crippen molar-refractivity contribution in [1.82, 2.24) is 9.97 Å². The van der Waals surface area contributed by atoms with E-state index in [0.717, 1.165) is 35.4 Å². The number of hydrogen-bond donors (Lipinski definition) is 1. The molecule has 1 heterocycles. The van der Waals surface area contributed by atoms with Crippen LogP contribution in [0.1, 0.15) is 37.4 Å². The molecule has 0 atom stereocenters. The molecule has 1 aliphatic rings. The number of ether oxygens (including phenoxy) is 1. The minimum absolute atomic E-state index is 0.638. The highest BCUT2D eigenvalue weighted by atomic mass is 16.5. The molecule has 4 heteroatoms. The van der Waals surface area contributed by atoms with Crippen LogP contribution in [0.4, 0.5) is 5.82 Å². The third-order valence-corrected chi connectivity index (χ3v) is 3.87. The minimum Gasteiger partial charge on any atom is -0.494 e. The van der Waals surface area contributed by atoms with Gasteiger partial charge >= 0.3 is 0 Å². The van der Waals surface area contributed by atoms with E-state index in [0.29, 0.717) is 18.2 Å². The number of fused-ring (bicyclic) bond motifs is 1. The molecule has 0 spiro atoms. The summed E-state index contributed by atoms with van der Waals surface area (Å²) in [7, 11) is 0. The predicted molar refractivity (Wildman–Crippen MR) is 84.3 cm³/mol. The van der Waals surface area contributed by atoms with E-state index in [4.69, 9.17) is 15.5 Å². The highest BCUT2D eigenvalue weighted by Gasteiger charge is 2.16. The van der Waals surface area contributed by atoms with Crippen LogP contribution in [0.5, 0.6) is 5.75 Å². The van der Waals surface area contributed by atoms with E-state index in [1.54, 1.807) is 0 Å². The molecule has 3 rings (SSSR count). The first-order valence-electron chi connectivity index (χ1n) is 7.66. The van der Waals surface area contributed by atoms with Crippen LogP contribution >= 0.6 is 0 Å². The fourth-order valence-corrected chi connectivity index (χ4v) is 2.82. The average molecular weight is 283 g/mol. The number of benzene rings is 1. The molecule has 2 N–H and O–H groups in total. The standard InChI is InChI=1S/C17H21N3O/c1-2-21-13-8-6-7-12(11-13)17-19-15-10-5-3-4-9-14(15)16(18)20-17/h6-8,11H,2-5,9-10H2,1H3,(H2,18,19,20). The van der Waals surface area contributed by atoms with Crippen LogP contribution in [0.2, 0.25) is 0 Å². The Morgan fingerprint density at radius 3 is 2.86 bits per heavy atom. The van der Waals surface area contributed by atoms with Gasteiger partial charge in [0.05, 0.1) is 6.61 Å². The lowest BCUT2D eigenvalue weighted by Gasteiger charge is -2.11. The highest BCUT2D eigenvalue weighted by molar-refractivity contribution is 5.61. The maximum Gasteiger partial charge on any atom is 0.161 e. The van der Waals surface area contributed by atoms with Crippen molar-refractivity contribution < 1.29 is 4.74 Å². The summed E-state index contributed by atoms with van der Waals surface area (Å²) < 4.78 is 5.54. The Labute approximate surface area is 125 Å². The van der Waals surface area contributed by atoms with Crippen molar-refractivity contribution in [1.29, 1.82) is 0 Å². The molecule has 0 saturated carbocycles. The molecule has 0 radical (unpaired) electrons. The van der Waals surface area contributed by atoms with Gasteiger partial charge in [0.2, 0.25) is 0 Å². The van der Waals surface area contributed by atoms with Crippen molar-refractivity contribution >= 4 is 5.82 Å². The van der Waals surface area contributed by atoms with Gasteiger partial charge in [0.1, 0.15) is 11.6 Å². The van der Waals surface area contributed by atoms with Gasteiger partial charge in [-0.25, -0.2) is 9.97 Å². The van der Waals surface area contributed by atoms with Crippen molar-refractivity contribution in [2.24, 2.45) is 0 Å². The van der Waals surface area contributed by atoms with Crippen LogP contribution in [0.25, 0.3) is 11.4 Å². The molecule has 110 valence electrons. The first kappa shape index (κ1) is 13.9. The second kappa shape index (κ2) is 6.12. The molecule has 0 bridgehead atoms. The van der Waals surface area contributed by atoms with Crippen LogP contribution in [0, 0.1) is 0 Å². The minimum atomic E-state index is 0.638. The van der Waals surface area contributed by atoms with Crippen LogP contribution < -0.4 is 10.5 Å². The Bertz CT molecular complexity index is 640. The Morgan fingerprint density at radius 1 is 1.14 bits per heavy atom. The number of aryl methyl sites for hydroxylation is 1. The zero-order chi connectivity index (χ0) is 14.7. The monoisotopic (exact) mass is 283 g/mol. The molecule has 21 heavy (non-hydrogen) atoms. The molecule has 0 fully saturated rings. The molecule has 0 unspecified atom stereocenters. The first-order valence-corrected chi connectivity index (χ1v) is 7.66. The lowest BCUT2D eigenvalue weighted by atomic mass is 10.1. The molecule has 4 nitrogen and oxygen atoms in total. The van der Waals surface area contributed by atoms with Gasteiger partial charge in [0.15, 0.2) is 5.82 Å². The molecule has 0 saturated heterocycles. The number of nitrogen functional groups attached to an aromatic ring is 1. The summed E-state index contributed by atoms with van der Waals surface area (Å²) in [4.78, 5) is 9.27. The van der Waals surface area contributed by atoms with Gasteiger partial charge < -0.3 is 10.5 Å². The summed E-state index contributed by atoms with van der Waals surface area (Å²) in [5.74, 6) is 2.18. The fourth-order valence-electron chi connectivity index (χ4n) is 2.82. The summed E-state index contributed by atoms with van der Waals surface area (Å²) in [5.41, 5.74) is 9.39. The molecule has 0 amide bonds. The van der Waals surface area contributed by atoms with E-state index in [-0.39, 0.29) is 0 Å². The smallest absolute Gasteiger partial charge is 0.161 e. The number of nitrogens with zero attached hydrogens (tertiary/aromatic N) is 2. The number of anilines is 1. The van der Waals surface area contributed by atoms with Gasteiger partial charge in [-0.2, -0.15) is 0 Å². The van der Waals surface area contributed by atoms with Crippen LogP contribution in [0.3, 0.4) is 0 Å². The van der Waals surface area contributed by atoms with E-state index in [2.05, 4.69) is 4.98 Å². The van der Waals surface area contributed by atoms with Crippen LogP contribution in [0.15, 0.2) is 24.3 Å². The maximum absolute atomic E-state index is 6.16. The topological polar surface area (TPSA) is 61.0 Å². The van der Waals surface area contributed by atoms with Crippen molar-refractivity contribution in [3.63, 3.8) is 0 Å². The lowest BCUT2D eigenvalue weighted by molar-refractivity contribution is 0.340. The summed E-state index contributed by atoms with van der Waals surface area (Å²) in [6, 6.07) is 7.88. The summed E-state index contributed by atoms with van der Waals surface area (Å²) in [6.07, 6.45) is 5.60. The molecule has 1 aromatic heterocycles. The number of rotatable bonds is 3. The van der Waals surface area contributed by atoms with E-state index < -0.39 is 0 Å². The Morgan fingerprint density at radius 2 is 2.00 bits per heavy atom. The normalized spacial score (nSPS) is 14.3. The lowest BCUT2D eigenvalue weighted by Crippen LogP contribution is -2.06. The Hall–Kier alpha value is -2.10. The number of nitrogens with two attached hydrogens (primary N) is 1. The highest BCUT2D eigenvalue weighted by Crippen LogP contribution is 2.27. The predicted octanol–water partition coefficient (Wildman–Crippen LogP) is 3.39. The second-order valence-corrected chi connectivity index (χ2v) is 5.38. The fraction of sp³-hybridized carbons (Fsp3) is 0.412. The van der Waals surface area contributed by atoms with Gasteiger partial charge in [-0.15, -0.1) is 0 Å². The van der Waals surface area contributed by atoms with Gasteiger partial charge in [-0.3, -0.25) is 0 Å². The molecule has 0 aliphatic heterocycles. The first-order chi connectivity index (χ1) is 10.3. The maximum atomic E-state index is 6.16. The van der Waals surface area contributed by atoms with Gasteiger partial charge in [0.25, 0.3) is 0 Å². The molecular weight excluding hydrogens is 262 g/mol.